The van der Waals surface area contributed by atoms with Crippen LogP contribution in [-0.4, -0.2) is 75.9 Å². The van der Waals surface area contributed by atoms with Gasteiger partial charge in [-0.15, -0.1) is 11.3 Å². The number of anilines is 1. The molecule has 35 heavy (non-hydrogen) atoms. The molecule has 0 N–H and O–H groups in total. The zero-order valence-electron chi connectivity index (χ0n) is 20.6. The number of amides is 1. The Morgan fingerprint density at radius 2 is 2.06 bits per heavy atom. The number of thiophene rings is 1. The summed E-state index contributed by atoms with van der Waals surface area (Å²) in [5.41, 5.74) is 1.83. The van der Waals surface area contributed by atoms with E-state index in [9.17, 15) is 13.2 Å². The van der Waals surface area contributed by atoms with Crippen LogP contribution in [0.3, 0.4) is 0 Å². The average molecular weight is 537 g/mol. The highest BCUT2D eigenvalue weighted by atomic mass is 32.2. The molecule has 1 aromatic carbocycles. The van der Waals surface area contributed by atoms with Gasteiger partial charge in [0.2, 0.25) is 5.91 Å². The summed E-state index contributed by atoms with van der Waals surface area (Å²) in [6, 6.07) is 7.25. The maximum absolute atomic E-state index is 13.9. The summed E-state index contributed by atoms with van der Waals surface area (Å²) in [6.45, 7) is 4.00. The number of methoxy groups -OCH3 is 1. The van der Waals surface area contributed by atoms with Crippen LogP contribution >= 0.6 is 22.7 Å². The molecule has 1 atom stereocenters. The summed E-state index contributed by atoms with van der Waals surface area (Å²) in [7, 11) is 2.04. The standard InChI is InChI=1S/C24H32N4O4S3/c1-17-10-11-19(32-4)21-22(17)34-24(25-21)28(14-7-12-26(2)3)23(29)18-8-5-13-27(16-18)35(30,31)20-9-6-15-33-20/h6,9-11,15,18H,5,7-8,12-14,16H2,1-4H3. The van der Waals surface area contributed by atoms with Crippen molar-refractivity contribution < 1.29 is 17.9 Å². The number of rotatable bonds is 9. The number of hydrogen-bond acceptors (Lipinski definition) is 8. The molecular weight excluding hydrogens is 504 g/mol. The van der Waals surface area contributed by atoms with Crippen molar-refractivity contribution >= 4 is 54.0 Å². The third-order valence-electron chi connectivity index (χ3n) is 6.22. The number of benzene rings is 1. The van der Waals surface area contributed by atoms with E-state index in [2.05, 4.69) is 4.90 Å². The SMILES string of the molecule is COc1ccc(C)c2sc(N(CCCN(C)C)C(=O)C3CCCN(S(=O)(=O)c4cccs4)C3)nc12. The Balaban J connectivity index is 1.63. The largest absolute Gasteiger partial charge is 0.494 e. The van der Waals surface area contributed by atoms with Crippen molar-refractivity contribution in [2.24, 2.45) is 5.92 Å². The number of sulfonamides is 1. The van der Waals surface area contributed by atoms with Gasteiger partial charge in [-0.1, -0.05) is 23.5 Å². The van der Waals surface area contributed by atoms with E-state index >= 15 is 0 Å². The van der Waals surface area contributed by atoms with Crippen LogP contribution in [0.15, 0.2) is 33.9 Å². The minimum Gasteiger partial charge on any atom is -0.494 e. The van der Waals surface area contributed by atoms with E-state index < -0.39 is 15.9 Å². The lowest BCUT2D eigenvalue weighted by Crippen LogP contribution is -2.47. The Hall–Kier alpha value is -2.05. The highest BCUT2D eigenvalue weighted by molar-refractivity contribution is 7.91. The molecule has 1 fully saturated rings. The quantitative estimate of drug-likeness (QED) is 0.410. The van der Waals surface area contributed by atoms with Gasteiger partial charge in [-0.3, -0.25) is 9.69 Å². The Kier molecular flexibility index (Phi) is 8.12. The molecule has 11 heteroatoms. The van der Waals surface area contributed by atoms with Crippen LogP contribution < -0.4 is 9.64 Å². The van der Waals surface area contributed by atoms with Crippen LogP contribution in [0, 0.1) is 12.8 Å². The van der Waals surface area contributed by atoms with Gasteiger partial charge in [-0.2, -0.15) is 4.31 Å². The predicted octanol–water partition coefficient (Wildman–Crippen LogP) is 4.06. The van der Waals surface area contributed by atoms with Gasteiger partial charge in [0.1, 0.15) is 15.5 Å². The van der Waals surface area contributed by atoms with Crippen LogP contribution in [0.1, 0.15) is 24.8 Å². The molecule has 0 radical (unpaired) electrons. The molecule has 0 aliphatic carbocycles. The zero-order chi connectivity index (χ0) is 25.2. The summed E-state index contributed by atoms with van der Waals surface area (Å²) >= 11 is 2.69. The van der Waals surface area contributed by atoms with Gasteiger partial charge in [-0.25, -0.2) is 13.4 Å². The number of ether oxygens (including phenoxy) is 1. The fourth-order valence-corrected chi connectivity index (χ4v) is 8.10. The lowest BCUT2D eigenvalue weighted by molar-refractivity contribution is -0.123. The van der Waals surface area contributed by atoms with Gasteiger partial charge in [-0.05, 0) is 69.9 Å². The molecule has 1 aliphatic heterocycles. The number of nitrogens with zero attached hydrogens (tertiary/aromatic N) is 4. The van der Waals surface area contributed by atoms with Crippen molar-refractivity contribution in [2.45, 2.75) is 30.4 Å². The summed E-state index contributed by atoms with van der Waals surface area (Å²) in [4.78, 5) is 22.6. The second-order valence-electron chi connectivity index (χ2n) is 9.04. The monoisotopic (exact) mass is 536 g/mol. The first-order valence-corrected chi connectivity index (χ1v) is 14.8. The van der Waals surface area contributed by atoms with E-state index in [1.54, 1.807) is 29.5 Å². The van der Waals surface area contributed by atoms with Gasteiger partial charge in [0.05, 0.1) is 17.7 Å². The number of hydrogen-bond donors (Lipinski definition) is 0. The molecule has 0 bridgehead atoms. The van der Waals surface area contributed by atoms with E-state index in [1.165, 1.54) is 27.0 Å². The molecule has 3 heterocycles. The van der Waals surface area contributed by atoms with Gasteiger partial charge < -0.3 is 9.64 Å². The lowest BCUT2D eigenvalue weighted by atomic mass is 9.98. The third-order valence-corrected chi connectivity index (χ3v) is 10.7. The van der Waals surface area contributed by atoms with Crippen molar-refractivity contribution in [2.75, 3.05) is 52.3 Å². The van der Waals surface area contributed by atoms with Crippen molar-refractivity contribution in [1.29, 1.82) is 0 Å². The number of carbonyl (C=O) groups is 1. The number of carbonyl (C=O) groups excluding carboxylic acids is 1. The van der Waals surface area contributed by atoms with Gasteiger partial charge in [0.15, 0.2) is 5.13 Å². The van der Waals surface area contributed by atoms with Crippen LogP contribution in [0.4, 0.5) is 5.13 Å². The number of aromatic nitrogens is 1. The Morgan fingerprint density at radius 3 is 2.74 bits per heavy atom. The lowest BCUT2D eigenvalue weighted by Gasteiger charge is -2.33. The summed E-state index contributed by atoms with van der Waals surface area (Å²) in [5.74, 6) is 0.207. The molecule has 8 nitrogen and oxygen atoms in total. The van der Waals surface area contributed by atoms with Crippen molar-refractivity contribution in [1.82, 2.24) is 14.2 Å². The number of piperidine rings is 1. The van der Waals surface area contributed by atoms with Crippen LogP contribution in [-0.2, 0) is 14.8 Å². The topological polar surface area (TPSA) is 83.0 Å². The zero-order valence-corrected chi connectivity index (χ0v) is 23.0. The van der Waals surface area contributed by atoms with E-state index in [1.807, 2.05) is 33.2 Å². The number of fused-ring (bicyclic) bond motifs is 1. The Labute approximate surface area is 215 Å². The second kappa shape index (κ2) is 10.9. The maximum atomic E-state index is 13.9. The molecule has 1 aliphatic rings. The van der Waals surface area contributed by atoms with Crippen LogP contribution in [0.5, 0.6) is 5.75 Å². The maximum Gasteiger partial charge on any atom is 0.252 e. The summed E-state index contributed by atoms with van der Waals surface area (Å²) < 4.78 is 34.5. The van der Waals surface area contributed by atoms with Crippen LogP contribution in [0.25, 0.3) is 10.2 Å². The predicted molar refractivity (Wildman–Crippen MR) is 142 cm³/mol. The van der Waals surface area contributed by atoms with Crippen LogP contribution in [0.2, 0.25) is 0 Å². The fraction of sp³-hybridized carbons (Fsp3) is 0.500. The van der Waals surface area contributed by atoms with Crippen molar-refractivity contribution in [3.63, 3.8) is 0 Å². The summed E-state index contributed by atoms with van der Waals surface area (Å²) in [5, 5.41) is 2.39. The van der Waals surface area contributed by atoms with E-state index in [0.29, 0.717) is 41.0 Å². The van der Waals surface area contributed by atoms with E-state index in [-0.39, 0.29) is 12.5 Å². The second-order valence-corrected chi connectivity index (χ2v) is 13.1. The molecule has 2 aromatic heterocycles. The normalized spacial score (nSPS) is 17.2. The molecular formula is C24H32N4O4S3. The Bertz CT molecular complexity index is 1270. The minimum absolute atomic E-state index is 0.0643. The van der Waals surface area contributed by atoms with E-state index in [4.69, 9.17) is 9.72 Å². The van der Waals surface area contributed by atoms with Gasteiger partial charge in [0.25, 0.3) is 10.0 Å². The first-order chi connectivity index (χ1) is 16.7. The fourth-order valence-electron chi connectivity index (χ4n) is 4.34. The Morgan fingerprint density at radius 1 is 1.26 bits per heavy atom. The van der Waals surface area contributed by atoms with Gasteiger partial charge >= 0.3 is 0 Å². The molecule has 0 saturated carbocycles. The molecule has 190 valence electrons. The first-order valence-electron chi connectivity index (χ1n) is 11.7. The molecule has 4 rings (SSSR count). The minimum atomic E-state index is -3.59. The highest BCUT2D eigenvalue weighted by Crippen LogP contribution is 2.37. The highest BCUT2D eigenvalue weighted by Gasteiger charge is 2.36. The molecule has 1 amide bonds. The molecule has 3 aromatic rings. The first kappa shape index (κ1) is 26.0. The smallest absolute Gasteiger partial charge is 0.252 e. The molecule has 1 unspecified atom stereocenters. The van der Waals surface area contributed by atoms with E-state index in [0.717, 1.165) is 28.7 Å². The number of thiazole rings is 1. The number of aryl methyl sites for hydroxylation is 1. The third kappa shape index (κ3) is 5.54. The summed E-state index contributed by atoms with van der Waals surface area (Å²) in [6.07, 6.45) is 2.10. The average Bonchev–Trinajstić information content (AvgIpc) is 3.53. The van der Waals surface area contributed by atoms with Crippen molar-refractivity contribution in [3.8, 4) is 5.75 Å². The van der Waals surface area contributed by atoms with Gasteiger partial charge in [0, 0.05) is 19.6 Å². The molecule has 1 saturated heterocycles. The van der Waals surface area contributed by atoms with Crippen molar-refractivity contribution in [3.05, 3.63) is 35.2 Å². The molecule has 0 spiro atoms.